The summed E-state index contributed by atoms with van der Waals surface area (Å²) in [6.45, 7) is 3.98. The van der Waals surface area contributed by atoms with Crippen LogP contribution in [0.2, 0.25) is 0 Å². The minimum atomic E-state index is -5.21. The molecule has 11 heteroatoms. The number of hydrogen-bond donors (Lipinski definition) is 0. The Morgan fingerprint density at radius 3 is 2.04 bits per heavy atom. The first-order chi connectivity index (χ1) is 11.9. The number of halogens is 6. The average molecular weight is 386 g/mol. The molecular formula is C15H14F6NO4. The van der Waals surface area contributed by atoms with Crippen molar-refractivity contribution in [2.45, 2.75) is 31.7 Å². The molecule has 0 aliphatic carbocycles. The van der Waals surface area contributed by atoms with Gasteiger partial charge in [-0.15, -0.1) is 26.3 Å². The number of benzene rings is 1. The normalized spacial score (nSPS) is 16.3. The van der Waals surface area contributed by atoms with Crippen molar-refractivity contribution in [1.82, 2.24) is 4.90 Å². The lowest BCUT2D eigenvalue weighted by Gasteiger charge is -2.31. The molecular weight excluding hydrogens is 372 g/mol. The number of hydrogen-bond acceptors (Lipinski definition) is 4. The predicted molar refractivity (Wildman–Crippen MR) is 75.4 cm³/mol. The van der Waals surface area contributed by atoms with Gasteiger partial charge in [0.2, 0.25) is 5.91 Å². The molecule has 145 valence electrons. The molecule has 2 rings (SSSR count). The summed E-state index contributed by atoms with van der Waals surface area (Å²) in [4.78, 5) is 12.6. The molecule has 1 aromatic carbocycles. The third-order valence-electron chi connectivity index (χ3n) is 3.46. The molecule has 1 fully saturated rings. The van der Waals surface area contributed by atoms with Gasteiger partial charge < -0.3 is 19.1 Å². The van der Waals surface area contributed by atoms with E-state index in [9.17, 15) is 31.1 Å². The van der Waals surface area contributed by atoms with Gasteiger partial charge >= 0.3 is 12.7 Å². The van der Waals surface area contributed by atoms with Crippen LogP contribution in [0.15, 0.2) is 18.2 Å². The standard InChI is InChI=1S/C15H14F6NO4/c1-9(23)22-6-4-10(5-7-22)24-11-2-3-12(25-14(16,17)18)13(8-11)26-15(19,20)21/h2-3,8,10H,1,4-7H2. The molecule has 1 radical (unpaired) electrons. The van der Waals surface area contributed by atoms with Gasteiger partial charge in [0.1, 0.15) is 11.9 Å². The fraction of sp³-hybridized carbons (Fsp3) is 0.467. The van der Waals surface area contributed by atoms with Crippen molar-refractivity contribution < 1.29 is 45.3 Å². The van der Waals surface area contributed by atoms with Gasteiger partial charge in [-0.05, 0) is 12.1 Å². The van der Waals surface area contributed by atoms with Crippen molar-refractivity contribution in [2.24, 2.45) is 0 Å². The third-order valence-corrected chi connectivity index (χ3v) is 3.46. The van der Waals surface area contributed by atoms with Crippen molar-refractivity contribution in [2.75, 3.05) is 13.1 Å². The summed E-state index contributed by atoms with van der Waals surface area (Å²) < 4.78 is 86.8. The van der Waals surface area contributed by atoms with E-state index in [0.717, 1.165) is 6.07 Å². The number of ether oxygens (including phenoxy) is 3. The number of piperidine rings is 1. The number of nitrogens with zero attached hydrogens (tertiary/aromatic N) is 1. The second-order valence-electron chi connectivity index (χ2n) is 5.40. The van der Waals surface area contributed by atoms with E-state index in [4.69, 9.17) is 4.74 Å². The van der Waals surface area contributed by atoms with Gasteiger partial charge in [0.05, 0.1) is 0 Å². The molecule has 0 unspecified atom stereocenters. The van der Waals surface area contributed by atoms with Crippen molar-refractivity contribution in [1.29, 1.82) is 0 Å². The molecule has 26 heavy (non-hydrogen) atoms. The molecule has 1 amide bonds. The van der Waals surface area contributed by atoms with Crippen LogP contribution < -0.4 is 14.2 Å². The highest BCUT2D eigenvalue weighted by atomic mass is 19.4. The Bertz CT molecular complexity index is 638. The van der Waals surface area contributed by atoms with E-state index < -0.39 is 30.3 Å². The molecule has 0 bridgehead atoms. The maximum atomic E-state index is 12.4. The first-order valence-electron chi connectivity index (χ1n) is 7.36. The number of likely N-dealkylation sites (tertiary alicyclic amines) is 1. The van der Waals surface area contributed by atoms with Crippen molar-refractivity contribution in [3.63, 3.8) is 0 Å². The average Bonchev–Trinajstić information content (AvgIpc) is 2.47. The van der Waals surface area contributed by atoms with Gasteiger partial charge in [0.15, 0.2) is 11.5 Å². The topological polar surface area (TPSA) is 48.0 Å². The SMILES string of the molecule is [CH2]C(=O)N1CCC(Oc2ccc(OC(F)(F)F)c(OC(F)(F)F)c2)CC1. The van der Waals surface area contributed by atoms with Crippen molar-refractivity contribution >= 4 is 5.91 Å². The Morgan fingerprint density at radius 2 is 1.54 bits per heavy atom. The lowest BCUT2D eigenvalue weighted by Crippen LogP contribution is -2.40. The minimum absolute atomic E-state index is 0.113. The Labute approximate surface area is 144 Å². The fourth-order valence-electron chi connectivity index (χ4n) is 2.39. The number of rotatable bonds is 4. The second kappa shape index (κ2) is 7.50. The number of alkyl halides is 6. The van der Waals surface area contributed by atoms with Gasteiger partial charge in [0.25, 0.3) is 0 Å². The summed E-state index contributed by atoms with van der Waals surface area (Å²) in [5, 5.41) is 0. The molecule has 1 heterocycles. The van der Waals surface area contributed by atoms with Crippen LogP contribution in [-0.4, -0.2) is 42.7 Å². The van der Waals surface area contributed by atoms with Crippen LogP contribution in [0.4, 0.5) is 26.3 Å². The first-order valence-corrected chi connectivity index (χ1v) is 7.36. The Kier molecular flexibility index (Phi) is 5.77. The maximum absolute atomic E-state index is 12.4. The van der Waals surface area contributed by atoms with E-state index >= 15 is 0 Å². The lowest BCUT2D eigenvalue weighted by molar-refractivity contribution is -0.287. The Morgan fingerprint density at radius 1 is 1.00 bits per heavy atom. The highest BCUT2D eigenvalue weighted by molar-refractivity contribution is 5.80. The van der Waals surface area contributed by atoms with Gasteiger partial charge in [0, 0.05) is 38.9 Å². The quantitative estimate of drug-likeness (QED) is 0.741. The summed E-state index contributed by atoms with van der Waals surface area (Å²) in [7, 11) is 0. The zero-order chi connectivity index (χ0) is 19.5. The zero-order valence-electron chi connectivity index (χ0n) is 13.2. The summed E-state index contributed by atoms with van der Waals surface area (Å²) in [6, 6.07) is 2.40. The molecule has 0 atom stereocenters. The number of carbonyl (C=O) groups is 1. The van der Waals surface area contributed by atoms with Crippen LogP contribution >= 0.6 is 0 Å². The van der Waals surface area contributed by atoms with Crippen LogP contribution in [-0.2, 0) is 4.79 Å². The van der Waals surface area contributed by atoms with Crippen molar-refractivity contribution in [3.05, 3.63) is 25.1 Å². The molecule has 1 saturated heterocycles. The van der Waals surface area contributed by atoms with Crippen LogP contribution in [0, 0.1) is 6.92 Å². The van der Waals surface area contributed by atoms with Crippen LogP contribution in [0.5, 0.6) is 17.2 Å². The van der Waals surface area contributed by atoms with Crippen LogP contribution in [0.3, 0.4) is 0 Å². The fourth-order valence-corrected chi connectivity index (χ4v) is 2.39. The summed E-state index contributed by atoms with van der Waals surface area (Å²) >= 11 is 0. The van der Waals surface area contributed by atoms with Gasteiger partial charge in [-0.2, -0.15) is 0 Å². The molecule has 1 aromatic rings. The van der Waals surface area contributed by atoms with E-state index in [0.29, 0.717) is 38.1 Å². The highest BCUT2D eigenvalue weighted by Crippen LogP contribution is 2.38. The van der Waals surface area contributed by atoms with Gasteiger partial charge in [-0.3, -0.25) is 4.79 Å². The molecule has 0 saturated carbocycles. The van der Waals surface area contributed by atoms with E-state index in [1.807, 2.05) is 0 Å². The molecule has 1 aliphatic rings. The Hall–Kier alpha value is -2.33. The van der Waals surface area contributed by atoms with Crippen molar-refractivity contribution in [3.8, 4) is 17.2 Å². The predicted octanol–water partition coefficient (Wildman–Crippen LogP) is 3.69. The van der Waals surface area contributed by atoms with E-state index in [1.165, 1.54) is 4.90 Å². The second-order valence-corrected chi connectivity index (χ2v) is 5.40. The highest BCUT2D eigenvalue weighted by Gasteiger charge is 2.37. The smallest absolute Gasteiger partial charge is 0.490 e. The van der Waals surface area contributed by atoms with E-state index in [1.54, 1.807) is 0 Å². The zero-order valence-corrected chi connectivity index (χ0v) is 13.2. The van der Waals surface area contributed by atoms with Gasteiger partial charge in [-0.1, -0.05) is 0 Å². The van der Waals surface area contributed by atoms with E-state index in [2.05, 4.69) is 16.4 Å². The molecule has 5 nitrogen and oxygen atoms in total. The first kappa shape index (κ1) is 20.0. The summed E-state index contributed by atoms with van der Waals surface area (Å²) in [5.41, 5.74) is 0. The maximum Gasteiger partial charge on any atom is 0.573 e. The van der Waals surface area contributed by atoms with Crippen LogP contribution in [0.25, 0.3) is 0 Å². The third kappa shape index (κ3) is 6.19. The largest absolute Gasteiger partial charge is 0.573 e. The van der Waals surface area contributed by atoms with E-state index in [-0.39, 0.29) is 11.7 Å². The molecule has 1 aliphatic heterocycles. The molecule has 0 N–H and O–H groups in total. The van der Waals surface area contributed by atoms with Crippen LogP contribution in [0.1, 0.15) is 12.8 Å². The summed E-state index contributed by atoms with van der Waals surface area (Å²) in [5.74, 6) is -2.77. The molecule has 0 spiro atoms. The lowest BCUT2D eigenvalue weighted by atomic mass is 10.1. The Balaban J connectivity index is 2.12. The van der Waals surface area contributed by atoms with Gasteiger partial charge in [-0.25, -0.2) is 0 Å². The number of carbonyl (C=O) groups excluding carboxylic acids is 1. The monoisotopic (exact) mass is 386 g/mol. The summed E-state index contributed by atoms with van der Waals surface area (Å²) in [6.07, 6.45) is -10.0. The molecule has 0 aromatic heterocycles. The minimum Gasteiger partial charge on any atom is -0.490 e. The number of amides is 1.